The predicted molar refractivity (Wildman–Crippen MR) is 121 cm³/mol. The fraction of sp³-hybridized carbons (Fsp3) is 0.450. The molecule has 1 aromatic carbocycles. The largest absolute Gasteiger partial charge is 0.459 e. The van der Waals surface area contributed by atoms with Gasteiger partial charge in [-0.05, 0) is 32.8 Å². The average molecular weight is 494 g/mol. The van der Waals surface area contributed by atoms with E-state index in [-0.39, 0.29) is 24.0 Å². The molecule has 0 aliphatic carbocycles. The molecule has 0 bridgehead atoms. The molecule has 28 heavy (non-hydrogen) atoms. The number of furan rings is 1. The SMILES string of the molecule is CCNC(=NCc1oc2ccccc2c1C)N1CCC(c2ncn[nH]2)CC1.I. The fourth-order valence-electron chi connectivity index (χ4n) is 3.72. The van der Waals surface area contributed by atoms with Gasteiger partial charge in [0.15, 0.2) is 5.96 Å². The van der Waals surface area contributed by atoms with Gasteiger partial charge < -0.3 is 14.6 Å². The molecule has 150 valence electrons. The van der Waals surface area contributed by atoms with E-state index < -0.39 is 0 Å². The molecule has 2 aromatic heterocycles. The molecule has 0 atom stereocenters. The Morgan fingerprint density at radius 1 is 1.32 bits per heavy atom. The summed E-state index contributed by atoms with van der Waals surface area (Å²) >= 11 is 0. The van der Waals surface area contributed by atoms with E-state index in [0.29, 0.717) is 12.5 Å². The third-order valence-corrected chi connectivity index (χ3v) is 5.26. The van der Waals surface area contributed by atoms with Gasteiger partial charge in [-0.1, -0.05) is 18.2 Å². The molecule has 3 heterocycles. The fourth-order valence-corrected chi connectivity index (χ4v) is 3.72. The van der Waals surface area contributed by atoms with Crippen molar-refractivity contribution in [1.82, 2.24) is 25.4 Å². The molecule has 1 aliphatic heterocycles. The minimum Gasteiger partial charge on any atom is -0.459 e. The zero-order chi connectivity index (χ0) is 18.6. The van der Waals surface area contributed by atoms with Crippen LogP contribution < -0.4 is 5.32 Å². The maximum atomic E-state index is 6.01. The number of aryl methyl sites for hydroxylation is 1. The summed E-state index contributed by atoms with van der Waals surface area (Å²) in [4.78, 5) is 11.5. The Morgan fingerprint density at radius 2 is 2.11 bits per heavy atom. The first-order valence-corrected chi connectivity index (χ1v) is 9.61. The van der Waals surface area contributed by atoms with E-state index in [1.54, 1.807) is 6.33 Å². The summed E-state index contributed by atoms with van der Waals surface area (Å²) in [5, 5.41) is 11.6. The van der Waals surface area contributed by atoms with Crippen molar-refractivity contribution in [3.05, 3.63) is 47.7 Å². The predicted octanol–water partition coefficient (Wildman–Crippen LogP) is 3.82. The van der Waals surface area contributed by atoms with Crippen LogP contribution in [0.15, 0.2) is 40.0 Å². The standard InChI is InChI=1S/C20H26N6O.HI/c1-3-21-20(26-10-8-15(9-11-26)19-23-13-24-25-19)22-12-18-14(2)16-6-4-5-7-17(16)27-18;/h4-7,13,15H,3,8-12H2,1-2H3,(H,21,22)(H,23,24,25);1H. The van der Waals surface area contributed by atoms with Crippen LogP contribution in [0.25, 0.3) is 11.0 Å². The van der Waals surface area contributed by atoms with Crippen molar-refractivity contribution in [3.8, 4) is 0 Å². The highest BCUT2D eigenvalue weighted by molar-refractivity contribution is 14.0. The Kier molecular flexibility index (Phi) is 6.93. The van der Waals surface area contributed by atoms with Crippen molar-refractivity contribution in [3.63, 3.8) is 0 Å². The number of halogens is 1. The van der Waals surface area contributed by atoms with Gasteiger partial charge >= 0.3 is 0 Å². The van der Waals surface area contributed by atoms with Crippen LogP contribution in [-0.4, -0.2) is 45.7 Å². The third-order valence-electron chi connectivity index (χ3n) is 5.26. The van der Waals surface area contributed by atoms with E-state index in [1.807, 2.05) is 18.2 Å². The molecular formula is C20H27IN6O. The first-order valence-electron chi connectivity index (χ1n) is 9.61. The summed E-state index contributed by atoms with van der Waals surface area (Å²) in [6.07, 6.45) is 3.68. The van der Waals surface area contributed by atoms with Crippen molar-refractivity contribution in [2.24, 2.45) is 4.99 Å². The number of benzene rings is 1. The number of likely N-dealkylation sites (tertiary alicyclic amines) is 1. The molecule has 8 heteroatoms. The third kappa shape index (κ3) is 4.31. The van der Waals surface area contributed by atoms with Crippen LogP contribution in [0, 0.1) is 6.92 Å². The number of aromatic nitrogens is 3. The minimum atomic E-state index is 0. The average Bonchev–Trinajstić information content (AvgIpc) is 3.34. The molecule has 0 amide bonds. The molecule has 2 N–H and O–H groups in total. The Hall–Kier alpha value is -2.10. The van der Waals surface area contributed by atoms with E-state index >= 15 is 0 Å². The second-order valence-electron chi connectivity index (χ2n) is 6.95. The lowest BCUT2D eigenvalue weighted by Crippen LogP contribution is -2.45. The van der Waals surface area contributed by atoms with Gasteiger partial charge in [0.05, 0.1) is 0 Å². The smallest absolute Gasteiger partial charge is 0.194 e. The molecule has 1 fully saturated rings. The van der Waals surface area contributed by atoms with Crippen LogP contribution in [0.1, 0.15) is 42.8 Å². The van der Waals surface area contributed by atoms with E-state index in [9.17, 15) is 0 Å². The highest BCUT2D eigenvalue weighted by Crippen LogP contribution is 2.27. The summed E-state index contributed by atoms with van der Waals surface area (Å²) in [7, 11) is 0. The van der Waals surface area contributed by atoms with Crippen LogP contribution in [-0.2, 0) is 6.54 Å². The molecule has 7 nitrogen and oxygen atoms in total. The number of rotatable bonds is 4. The van der Waals surface area contributed by atoms with Gasteiger partial charge in [0.1, 0.15) is 30.0 Å². The molecule has 4 rings (SSSR count). The number of aromatic amines is 1. The second kappa shape index (κ2) is 9.40. The molecule has 1 saturated heterocycles. The summed E-state index contributed by atoms with van der Waals surface area (Å²) in [6.45, 7) is 7.51. The molecular weight excluding hydrogens is 467 g/mol. The monoisotopic (exact) mass is 494 g/mol. The number of nitrogens with one attached hydrogen (secondary N) is 2. The van der Waals surface area contributed by atoms with Crippen molar-refractivity contribution in [1.29, 1.82) is 0 Å². The number of hydrogen-bond donors (Lipinski definition) is 2. The molecule has 0 unspecified atom stereocenters. The molecule has 0 radical (unpaired) electrons. The highest BCUT2D eigenvalue weighted by Gasteiger charge is 2.24. The van der Waals surface area contributed by atoms with Crippen LogP contribution in [0.5, 0.6) is 0 Å². The van der Waals surface area contributed by atoms with Crippen molar-refractivity contribution in [2.75, 3.05) is 19.6 Å². The Bertz CT molecular complexity index is 912. The number of piperidine rings is 1. The quantitative estimate of drug-likeness (QED) is 0.328. The zero-order valence-corrected chi connectivity index (χ0v) is 18.6. The van der Waals surface area contributed by atoms with Crippen molar-refractivity contribution < 1.29 is 4.42 Å². The number of fused-ring (bicyclic) bond motifs is 1. The lowest BCUT2D eigenvalue weighted by molar-refractivity contribution is 0.298. The lowest BCUT2D eigenvalue weighted by Gasteiger charge is -2.33. The molecule has 1 aliphatic rings. The first kappa shape index (κ1) is 20.6. The second-order valence-corrected chi connectivity index (χ2v) is 6.95. The number of H-pyrrole nitrogens is 1. The van der Waals surface area contributed by atoms with Gasteiger partial charge in [0.2, 0.25) is 0 Å². The van der Waals surface area contributed by atoms with Crippen LogP contribution >= 0.6 is 24.0 Å². The maximum Gasteiger partial charge on any atom is 0.194 e. The van der Waals surface area contributed by atoms with E-state index in [2.05, 4.69) is 45.3 Å². The summed E-state index contributed by atoms with van der Waals surface area (Å²) in [6, 6.07) is 8.15. The Balaban J connectivity index is 0.00000225. The molecule has 0 spiro atoms. The lowest BCUT2D eigenvalue weighted by atomic mass is 9.96. The van der Waals surface area contributed by atoms with Gasteiger partial charge in [0, 0.05) is 36.5 Å². The van der Waals surface area contributed by atoms with Gasteiger partial charge in [0.25, 0.3) is 0 Å². The van der Waals surface area contributed by atoms with E-state index in [0.717, 1.165) is 55.6 Å². The van der Waals surface area contributed by atoms with Crippen LogP contribution in [0.4, 0.5) is 0 Å². The number of nitrogens with zero attached hydrogens (tertiary/aromatic N) is 4. The number of aliphatic imine (C=N–C) groups is 1. The van der Waals surface area contributed by atoms with E-state index in [1.165, 1.54) is 10.9 Å². The van der Waals surface area contributed by atoms with Gasteiger partial charge in [-0.15, -0.1) is 24.0 Å². The zero-order valence-electron chi connectivity index (χ0n) is 16.3. The highest BCUT2D eigenvalue weighted by atomic mass is 127. The van der Waals surface area contributed by atoms with E-state index in [4.69, 9.17) is 9.41 Å². The first-order chi connectivity index (χ1) is 13.3. The summed E-state index contributed by atoms with van der Waals surface area (Å²) < 4.78 is 6.01. The minimum absolute atomic E-state index is 0. The maximum absolute atomic E-state index is 6.01. The van der Waals surface area contributed by atoms with Crippen LogP contribution in [0.2, 0.25) is 0 Å². The number of guanidine groups is 1. The summed E-state index contributed by atoms with van der Waals surface area (Å²) in [5.74, 6) is 3.33. The summed E-state index contributed by atoms with van der Waals surface area (Å²) in [5.41, 5.74) is 2.10. The Labute approximate surface area is 182 Å². The topological polar surface area (TPSA) is 82.3 Å². The van der Waals surface area contributed by atoms with Gasteiger partial charge in [-0.25, -0.2) is 9.98 Å². The van der Waals surface area contributed by atoms with Crippen molar-refractivity contribution >= 4 is 40.9 Å². The van der Waals surface area contributed by atoms with Crippen molar-refractivity contribution in [2.45, 2.75) is 39.2 Å². The number of para-hydroxylation sites is 1. The Morgan fingerprint density at radius 3 is 2.79 bits per heavy atom. The molecule has 0 saturated carbocycles. The van der Waals surface area contributed by atoms with Gasteiger partial charge in [-0.2, -0.15) is 5.10 Å². The van der Waals surface area contributed by atoms with Crippen LogP contribution in [0.3, 0.4) is 0 Å². The molecule has 3 aromatic rings. The van der Waals surface area contributed by atoms with Gasteiger partial charge in [-0.3, -0.25) is 5.10 Å². The number of hydrogen-bond acceptors (Lipinski definition) is 4. The normalized spacial score (nSPS) is 15.6.